The largest absolute Gasteiger partial charge is 0.481 e. The first-order chi connectivity index (χ1) is 16.1. The number of carboxylic acids is 2. The Balaban J connectivity index is 5.62. The van der Waals surface area contributed by atoms with Gasteiger partial charge in [0, 0.05) is 12.8 Å². The summed E-state index contributed by atoms with van der Waals surface area (Å²) < 4.78 is 0. The van der Waals surface area contributed by atoms with Gasteiger partial charge in [-0.3, -0.25) is 33.6 Å². The van der Waals surface area contributed by atoms with Crippen LogP contribution in [-0.2, 0) is 38.4 Å². The lowest BCUT2D eigenvalue weighted by Gasteiger charge is -2.24. The summed E-state index contributed by atoms with van der Waals surface area (Å²) in [6.07, 6.45) is -3.16. The van der Waals surface area contributed by atoms with Crippen LogP contribution in [0.2, 0.25) is 0 Å². The lowest BCUT2D eigenvalue weighted by atomic mass is 10.1. The van der Waals surface area contributed by atoms with Crippen molar-refractivity contribution in [3.63, 3.8) is 0 Å². The van der Waals surface area contributed by atoms with Crippen molar-refractivity contribution in [2.24, 2.45) is 22.9 Å². The minimum absolute atomic E-state index is 0.373. The van der Waals surface area contributed by atoms with Crippen LogP contribution in [-0.4, -0.2) is 81.8 Å². The van der Waals surface area contributed by atoms with E-state index in [9.17, 15) is 43.5 Å². The van der Waals surface area contributed by atoms with Gasteiger partial charge < -0.3 is 49.1 Å². The monoisotopic (exact) mass is 503 g/mol. The highest BCUT2D eigenvalue weighted by atomic mass is 16.4. The third kappa shape index (κ3) is 13.1. The predicted octanol–water partition coefficient (Wildman–Crippen LogP) is -5.27. The van der Waals surface area contributed by atoms with Gasteiger partial charge in [0.2, 0.25) is 35.4 Å². The highest BCUT2D eigenvalue weighted by Gasteiger charge is 2.31. The van der Waals surface area contributed by atoms with Gasteiger partial charge in [0.25, 0.3) is 0 Å². The number of nitrogens with two attached hydrogens (primary N) is 4. The van der Waals surface area contributed by atoms with Crippen molar-refractivity contribution in [1.82, 2.24) is 16.0 Å². The zero-order valence-electron chi connectivity index (χ0n) is 18.5. The smallest absolute Gasteiger partial charge is 0.326 e. The van der Waals surface area contributed by atoms with E-state index in [0.717, 1.165) is 0 Å². The summed E-state index contributed by atoms with van der Waals surface area (Å²) in [5, 5.41) is 24.5. The van der Waals surface area contributed by atoms with Crippen molar-refractivity contribution in [3.8, 4) is 0 Å². The maximum atomic E-state index is 12.7. The summed E-state index contributed by atoms with van der Waals surface area (Å²) in [6.45, 7) is 0. The van der Waals surface area contributed by atoms with Gasteiger partial charge in [-0.1, -0.05) is 0 Å². The summed E-state index contributed by atoms with van der Waals surface area (Å²) in [6, 6.07) is -6.43. The molecule has 0 aromatic heterocycles. The molecule has 0 spiro atoms. The molecule has 0 aliphatic carbocycles. The lowest BCUT2D eigenvalue weighted by molar-refractivity contribution is -0.143. The molecule has 4 unspecified atom stereocenters. The maximum Gasteiger partial charge on any atom is 0.326 e. The first-order valence-corrected chi connectivity index (χ1v) is 10.1. The van der Waals surface area contributed by atoms with Gasteiger partial charge >= 0.3 is 11.9 Å². The molecule has 0 aromatic carbocycles. The molecule has 17 heteroatoms. The molecule has 0 aliphatic heterocycles. The van der Waals surface area contributed by atoms with E-state index in [4.69, 9.17) is 28.0 Å². The van der Waals surface area contributed by atoms with Crippen LogP contribution in [0, 0.1) is 0 Å². The number of hydrogen-bond donors (Lipinski definition) is 9. The molecule has 35 heavy (non-hydrogen) atoms. The van der Waals surface area contributed by atoms with Gasteiger partial charge in [-0.25, -0.2) is 4.79 Å². The fourth-order valence-corrected chi connectivity index (χ4v) is 2.62. The number of amides is 6. The Morgan fingerprint density at radius 1 is 0.600 bits per heavy atom. The number of nitrogens with one attached hydrogen (secondary N) is 3. The maximum absolute atomic E-state index is 12.7. The van der Waals surface area contributed by atoms with Crippen molar-refractivity contribution in [1.29, 1.82) is 0 Å². The van der Waals surface area contributed by atoms with Gasteiger partial charge in [-0.15, -0.1) is 0 Å². The SMILES string of the molecule is NC(=O)CCC(NC(=O)C(CCC(N)=O)NC(=O)C(CC(=O)O)NC(=O)C(N)CC(N)=O)C(=O)O. The van der Waals surface area contributed by atoms with Crippen LogP contribution in [0.25, 0.3) is 0 Å². The molecule has 13 N–H and O–H groups in total. The number of rotatable bonds is 17. The van der Waals surface area contributed by atoms with E-state index in [0.29, 0.717) is 0 Å². The Hall–Kier alpha value is -4.28. The molecule has 0 saturated heterocycles. The molecule has 0 bridgehead atoms. The van der Waals surface area contributed by atoms with E-state index >= 15 is 0 Å². The Morgan fingerprint density at radius 2 is 1.03 bits per heavy atom. The molecule has 0 fully saturated rings. The first kappa shape index (κ1) is 30.7. The van der Waals surface area contributed by atoms with E-state index in [1.165, 1.54) is 0 Å². The summed E-state index contributed by atoms with van der Waals surface area (Å²) in [4.78, 5) is 92.9. The second-order valence-corrected chi connectivity index (χ2v) is 7.41. The van der Waals surface area contributed by atoms with Crippen LogP contribution in [0.5, 0.6) is 0 Å². The van der Waals surface area contributed by atoms with Crippen LogP contribution in [0.15, 0.2) is 0 Å². The molecule has 0 saturated carbocycles. The number of carbonyl (C=O) groups is 8. The van der Waals surface area contributed by atoms with Crippen molar-refractivity contribution in [2.45, 2.75) is 62.7 Å². The number of hydrogen-bond acceptors (Lipinski definition) is 9. The van der Waals surface area contributed by atoms with Crippen LogP contribution >= 0.6 is 0 Å². The number of carbonyl (C=O) groups excluding carboxylic acids is 6. The zero-order chi connectivity index (χ0) is 27.3. The van der Waals surface area contributed by atoms with E-state index in [2.05, 4.69) is 10.6 Å². The molecule has 0 aliphatic rings. The van der Waals surface area contributed by atoms with Crippen LogP contribution in [0.1, 0.15) is 38.5 Å². The minimum atomic E-state index is -1.77. The van der Waals surface area contributed by atoms with E-state index in [1.807, 2.05) is 5.32 Å². The Bertz CT molecular complexity index is 863. The molecule has 4 atom stereocenters. The lowest BCUT2D eigenvalue weighted by Crippen LogP contribution is -2.57. The summed E-state index contributed by atoms with van der Waals surface area (Å²) in [5.41, 5.74) is 20.4. The standard InChI is InChI=1S/C18H29N7O10/c19-7(5-13(22)28)15(31)25-10(6-14(29)30)17(33)23-8(1-3-11(20)26)16(32)24-9(18(34)35)2-4-12(21)27/h7-10H,1-6,19H2,(H2,20,26)(H2,21,27)(H2,22,28)(H,23,33)(H,24,32)(H,25,31)(H,29,30)(H,34,35). The highest BCUT2D eigenvalue weighted by Crippen LogP contribution is 2.04. The molecule has 0 heterocycles. The normalized spacial score (nSPS) is 13.9. The number of carboxylic acid groups (broad SMARTS) is 2. The second kappa shape index (κ2) is 14.8. The average Bonchev–Trinajstić information content (AvgIpc) is 2.71. The Morgan fingerprint density at radius 3 is 1.46 bits per heavy atom. The van der Waals surface area contributed by atoms with Crippen LogP contribution in [0.4, 0.5) is 0 Å². The van der Waals surface area contributed by atoms with Crippen molar-refractivity contribution < 1.29 is 48.6 Å². The van der Waals surface area contributed by atoms with E-state index < -0.39 is 97.2 Å². The molecule has 0 aromatic rings. The summed E-state index contributed by atoms with van der Waals surface area (Å²) >= 11 is 0. The third-order valence-corrected chi connectivity index (χ3v) is 4.38. The second-order valence-electron chi connectivity index (χ2n) is 7.41. The third-order valence-electron chi connectivity index (χ3n) is 4.38. The topological polar surface area (TPSA) is 317 Å². The Labute approximate surface area is 198 Å². The van der Waals surface area contributed by atoms with Crippen LogP contribution in [0.3, 0.4) is 0 Å². The van der Waals surface area contributed by atoms with Crippen LogP contribution < -0.4 is 38.9 Å². The molecular weight excluding hydrogens is 474 g/mol. The van der Waals surface area contributed by atoms with Gasteiger partial charge in [-0.2, -0.15) is 0 Å². The van der Waals surface area contributed by atoms with Gasteiger partial charge in [0.1, 0.15) is 18.1 Å². The van der Waals surface area contributed by atoms with Gasteiger partial charge in [-0.05, 0) is 12.8 Å². The molecular formula is C18H29N7O10. The van der Waals surface area contributed by atoms with Crippen molar-refractivity contribution >= 4 is 47.4 Å². The molecule has 0 rings (SSSR count). The summed E-state index contributed by atoms with van der Waals surface area (Å²) in [7, 11) is 0. The van der Waals surface area contributed by atoms with E-state index in [-0.39, 0.29) is 12.8 Å². The minimum Gasteiger partial charge on any atom is -0.481 e. The Kier molecular flexibility index (Phi) is 13.0. The highest BCUT2D eigenvalue weighted by molar-refractivity contribution is 5.96. The fraction of sp³-hybridized carbons (Fsp3) is 0.556. The molecule has 0 radical (unpaired) electrons. The van der Waals surface area contributed by atoms with E-state index in [1.54, 1.807) is 0 Å². The quantitative estimate of drug-likeness (QED) is 0.0902. The van der Waals surface area contributed by atoms with Crippen molar-refractivity contribution in [3.05, 3.63) is 0 Å². The number of primary amides is 3. The average molecular weight is 503 g/mol. The number of aliphatic carboxylic acids is 2. The fourth-order valence-electron chi connectivity index (χ4n) is 2.62. The summed E-state index contributed by atoms with van der Waals surface area (Å²) in [5.74, 6) is -9.04. The van der Waals surface area contributed by atoms with Crippen molar-refractivity contribution in [2.75, 3.05) is 0 Å². The molecule has 17 nitrogen and oxygen atoms in total. The predicted molar refractivity (Wildman–Crippen MR) is 114 cm³/mol. The van der Waals surface area contributed by atoms with Gasteiger partial charge in [0.15, 0.2) is 0 Å². The first-order valence-electron chi connectivity index (χ1n) is 10.1. The van der Waals surface area contributed by atoms with Gasteiger partial charge in [0.05, 0.1) is 18.9 Å². The molecule has 6 amide bonds. The zero-order valence-corrected chi connectivity index (χ0v) is 18.5. The molecule has 196 valence electrons.